The fourth-order valence-corrected chi connectivity index (χ4v) is 2.24. The van der Waals surface area contributed by atoms with Gasteiger partial charge in [-0.15, -0.1) is 0 Å². The van der Waals surface area contributed by atoms with Gasteiger partial charge in [0.1, 0.15) is 12.4 Å². The van der Waals surface area contributed by atoms with Crippen LogP contribution in [0, 0.1) is 6.92 Å². The zero-order valence-electron chi connectivity index (χ0n) is 13.3. The van der Waals surface area contributed by atoms with Crippen molar-refractivity contribution < 1.29 is 14.3 Å². The molecule has 0 fully saturated rings. The SMILES string of the molecule is CC(=O)OC[C@@H](C)c1ccc(C)cc1OCc1ccccc1. The van der Waals surface area contributed by atoms with E-state index in [-0.39, 0.29) is 11.9 Å². The first kappa shape index (κ1) is 16.1. The highest BCUT2D eigenvalue weighted by Gasteiger charge is 2.13. The second-order valence-electron chi connectivity index (χ2n) is 5.52. The summed E-state index contributed by atoms with van der Waals surface area (Å²) in [7, 11) is 0. The van der Waals surface area contributed by atoms with Crippen molar-refractivity contribution in [3.8, 4) is 5.75 Å². The number of ether oxygens (including phenoxy) is 2. The van der Waals surface area contributed by atoms with E-state index >= 15 is 0 Å². The highest BCUT2D eigenvalue weighted by Crippen LogP contribution is 2.29. The molecular weight excluding hydrogens is 276 g/mol. The van der Waals surface area contributed by atoms with Gasteiger partial charge in [0.15, 0.2) is 0 Å². The summed E-state index contributed by atoms with van der Waals surface area (Å²) in [6.07, 6.45) is 0. The van der Waals surface area contributed by atoms with Gasteiger partial charge < -0.3 is 9.47 Å². The first-order valence-electron chi connectivity index (χ1n) is 7.47. The van der Waals surface area contributed by atoms with Crippen molar-refractivity contribution >= 4 is 5.97 Å². The third-order valence-corrected chi connectivity index (χ3v) is 3.47. The Hall–Kier alpha value is -2.29. The average molecular weight is 298 g/mol. The van der Waals surface area contributed by atoms with Gasteiger partial charge >= 0.3 is 5.97 Å². The Balaban J connectivity index is 2.11. The minimum atomic E-state index is -0.259. The fourth-order valence-electron chi connectivity index (χ4n) is 2.24. The number of hydrogen-bond donors (Lipinski definition) is 0. The zero-order chi connectivity index (χ0) is 15.9. The summed E-state index contributed by atoms with van der Waals surface area (Å²) in [4.78, 5) is 11.0. The molecule has 0 spiro atoms. The molecule has 0 radical (unpaired) electrons. The summed E-state index contributed by atoms with van der Waals surface area (Å²) in [6.45, 7) is 6.38. The van der Waals surface area contributed by atoms with Crippen molar-refractivity contribution in [1.29, 1.82) is 0 Å². The Kier molecular flexibility index (Phi) is 5.59. The van der Waals surface area contributed by atoms with Crippen molar-refractivity contribution in [3.05, 3.63) is 65.2 Å². The molecule has 0 N–H and O–H groups in total. The van der Waals surface area contributed by atoms with Crippen LogP contribution >= 0.6 is 0 Å². The van der Waals surface area contributed by atoms with E-state index in [0.29, 0.717) is 13.2 Å². The quantitative estimate of drug-likeness (QED) is 0.748. The van der Waals surface area contributed by atoms with Crippen molar-refractivity contribution in [2.75, 3.05) is 6.61 Å². The van der Waals surface area contributed by atoms with Gasteiger partial charge in [0.2, 0.25) is 0 Å². The molecule has 2 aromatic rings. The lowest BCUT2D eigenvalue weighted by Crippen LogP contribution is -2.09. The van der Waals surface area contributed by atoms with E-state index in [9.17, 15) is 4.79 Å². The van der Waals surface area contributed by atoms with Crippen LogP contribution in [0.1, 0.15) is 36.5 Å². The lowest BCUT2D eigenvalue weighted by Gasteiger charge is -2.17. The molecule has 2 aromatic carbocycles. The molecule has 0 saturated carbocycles. The van der Waals surface area contributed by atoms with Gasteiger partial charge in [-0.3, -0.25) is 4.79 Å². The second-order valence-corrected chi connectivity index (χ2v) is 5.52. The van der Waals surface area contributed by atoms with Crippen LogP contribution in [0.25, 0.3) is 0 Å². The van der Waals surface area contributed by atoms with Gasteiger partial charge in [-0.1, -0.05) is 49.4 Å². The molecule has 0 aromatic heterocycles. The van der Waals surface area contributed by atoms with Gasteiger partial charge in [-0.05, 0) is 24.1 Å². The standard InChI is InChI=1S/C19H22O3/c1-14-9-10-18(15(2)12-21-16(3)20)19(11-14)22-13-17-7-5-4-6-8-17/h4-11,15H,12-13H2,1-3H3/t15-/m1/s1. The van der Waals surface area contributed by atoms with E-state index < -0.39 is 0 Å². The van der Waals surface area contributed by atoms with Crippen LogP contribution in [0.4, 0.5) is 0 Å². The largest absolute Gasteiger partial charge is 0.489 e. The number of esters is 1. The van der Waals surface area contributed by atoms with Crippen LogP contribution in [-0.4, -0.2) is 12.6 Å². The molecule has 0 amide bonds. The molecule has 3 heteroatoms. The van der Waals surface area contributed by atoms with Crippen molar-refractivity contribution in [3.63, 3.8) is 0 Å². The van der Waals surface area contributed by atoms with E-state index in [4.69, 9.17) is 9.47 Å². The Labute approximate surface area is 131 Å². The van der Waals surface area contributed by atoms with Crippen molar-refractivity contribution in [2.45, 2.75) is 33.3 Å². The van der Waals surface area contributed by atoms with Crippen LogP contribution in [0.15, 0.2) is 48.5 Å². The predicted octanol–water partition coefficient (Wildman–Crippen LogP) is 4.24. The van der Waals surface area contributed by atoms with Crippen LogP contribution in [0.2, 0.25) is 0 Å². The van der Waals surface area contributed by atoms with Gasteiger partial charge in [0, 0.05) is 18.4 Å². The molecule has 3 nitrogen and oxygen atoms in total. The summed E-state index contributed by atoms with van der Waals surface area (Å²) in [5, 5.41) is 0. The maximum absolute atomic E-state index is 11.0. The second kappa shape index (κ2) is 7.64. The molecule has 0 heterocycles. The molecule has 0 bridgehead atoms. The molecule has 22 heavy (non-hydrogen) atoms. The van der Waals surface area contributed by atoms with E-state index in [1.807, 2.05) is 56.3 Å². The Bertz CT molecular complexity index is 620. The van der Waals surface area contributed by atoms with E-state index in [2.05, 4.69) is 6.07 Å². The maximum atomic E-state index is 11.0. The number of rotatable bonds is 6. The van der Waals surface area contributed by atoms with Gasteiger partial charge in [0.05, 0.1) is 6.61 Å². The molecule has 2 rings (SSSR count). The summed E-state index contributed by atoms with van der Waals surface area (Å²) >= 11 is 0. The van der Waals surface area contributed by atoms with Crippen LogP contribution < -0.4 is 4.74 Å². The third kappa shape index (κ3) is 4.62. The Morgan fingerprint density at radius 1 is 1.14 bits per heavy atom. The summed E-state index contributed by atoms with van der Waals surface area (Å²) in [5.74, 6) is 0.685. The third-order valence-electron chi connectivity index (χ3n) is 3.47. The van der Waals surface area contributed by atoms with E-state index in [0.717, 1.165) is 22.4 Å². The highest BCUT2D eigenvalue weighted by molar-refractivity contribution is 5.66. The van der Waals surface area contributed by atoms with Crippen molar-refractivity contribution in [1.82, 2.24) is 0 Å². The number of benzene rings is 2. The minimum absolute atomic E-state index is 0.0928. The van der Waals surface area contributed by atoms with Gasteiger partial charge in [-0.25, -0.2) is 0 Å². The molecule has 116 valence electrons. The topological polar surface area (TPSA) is 35.5 Å². The first-order chi connectivity index (χ1) is 10.6. The molecule has 0 aliphatic carbocycles. The molecule has 0 aliphatic heterocycles. The predicted molar refractivity (Wildman–Crippen MR) is 87.0 cm³/mol. The Morgan fingerprint density at radius 3 is 2.55 bits per heavy atom. The van der Waals surface area contributed by atoms with Crippen LogP contribution in [0.5, 0.6) is 5.75 Å². The van der Waals surface area contributed by atoms with E-state index in [1.54, 1.807) is 0 Å². The summed E-state index contributed by atoms with van der Waals surface area (Å²) in [6, 6.07) is 16.2. The number of carbonyl (C=O) groups is 1. The zero-order valence-corrected chi connectivity index (χ0v) is 13.3. The maximum Gasteiger partial charge on any atom is 0.302 e. The molecular formula is C19H22O3. The summed E-state index contributed by atoms with van der Waals surface area (Å²) in [5.41, 5.74) is 3.33. The molecule has 0 aliphatic rings. The highest BCUT2D eigenvalue weighted by atomic mass is 16.5. The van der Waals surface area contributed by atoms with Gasteiger partial charge in [-0.2, -0.15) is 0 Å². The van der Waals surface area contributed by atoms with E-state index in [1.165, 1.54) is 6.92 Å². The average Bonchev–Trinajstić information content (AvgIpc) is 2.51. The Morgan fingerprint density at radius 2 is 1.86 bits per heavy atom. The van der Waals surface area contributed by atoms with Crippen LogP contribution in [-0.2, 0) is 16.1 Å². The lowest BCUT2D eigenvalue weighted by atomic mass is 9.99. The molecule has 0 unspecified atom stereocenters. The monoisotopic (exact) mass is 298 g/mol. The smallest absolute Gasteiger partial charge is 0.302 e. The fraction of sp³-hybridized carbons (Fsp3) is 0.316. The first-order valence-corrected chi connectivity index (χ1v) is 7.47. The lowest BCUT2D eigenvalue weighted by molar-refractivity contribution is -0.141. The van der Waals surface area contributed by atoms with Crippen LogP contribution in [0.3, 0.4) is 0 Å². The molecule has 1 atom stereocenters. The molecule has 0 saturated heterocycles. The number of hydrogen-bond acceptors (Lipinski definition) is 3. The normalized spacial score (nSPS) is 11.8. The van der Waals surface area contributed by atoms with Gasteiger partial charge in [0.25, 0.3) is 0 Å². The minimum Gasteiger partial charge on any atom is -0.489 e. The number of aryl methyl sites for hydroxylation is 1. The van der Waals surface area contributed by atoms with Crippen molar-refractivity contribution in [2.24, 2.45) is 0 Å². The number of carbonyl (C=O) groups excluding carboxylic acids is 1. The summed E-state index contributed by atoms with van der Waals surface area (Å²) < 4.78 is 11.1.